The van der Waals surface area contributed by atoms with E-state index >= 15 is 0 Å². The van der Waals surface area contributed by atoms with E-state index in [0.717, 1.165) is 32.3 Å². The van der Waals surface area contributed by atoms with Crippen molar-refractivity contribution < 1.29 is 4.74 Å². The molecule has 25 heavy (non-hydrogen) atoms. The number of nitrogens with zero attached hydrogens (tertiary/aromatic N) is 2. The summed E-state index contributed by atoms with van der Waals surface area (Å²) in [5, 5.41) is 0. The van der Waals surface area contributed by atoms with Crippen LogP contribution in [0.3, 0.4) is 0 Å². The van der Waals surface area contributed by atoms with Crippen LogP contribution < -0.4 is 0 Å². The van der Waals surface area contributed by atoms with Crippen molar-refractivity contribution in [3.63, 3.8) is 0 Å². The Labute approximate surface area is 151 Å². The highest BCUT2D eigenvalue weighted by molar-refractivity contribution is 5.64. The van der Waals surface area contributed by atoms with E-state index in [9.17, 15) is 0 Å². The molecule has 2 aliphatic heterocycles. The van der Waals surface area contributed by atoms with Crippen LogP contribution in [0, 0.1) is 0 Å². The highest BCUT2D eigenvalue weighted by Crippen LogP contribution is 2.50. The number of unbranched alkanes of at least 4 members (excludes halogenated alkanes) is 1. The molecule has 2 fully saturated rings. The Balaban J connectivity index is 1.47. The summed E-state index contributed by atoms with van der Waals surface area (Å²) in [6.45, 7) is 0.895. The van der Waals surface area contributed by atoms with Gasteiger partial charge in [0.05, 0.1) is 5.60 Å². The van der Waals surface area contributed by atoms with E-state index in [4.69, 9.17) is 9.72 Å². The summed E-state index contributed by atoms with van der Waals surface area (Å²) in [4.78, 5) is 9.25. The van der Waals surface area contributed by atoms with Crippen LogP contribution in [0.5, 0.6) is 0 Å². The third-order valence-corrected chi connectivity index (χ3v) is 6.43. The molecule has 3 heterocycles. The van der Waals surface area contributed by atoms with Gasteiger partial charge in [0.25, 0.3) is 0 Å². The highest BCUT2D eigenvalue weighted by Gasteiger charge is 2.48. The summed E-state index contributed by atoms with van der Waals surface area (Å²) in [6, 6.07) is 6.43. The van der Waals surface area contributed by atoms with Crippen molar-refractivity contribution in [1.82, 2.24) is 4.98 Å². The zero-order valence-electron chi connectivity index (χ0n) is 15.3. The number of rotatable bonds is 6. The van der Waals surface area contributed by atoms with Gasteiger partial charge in [-0.2, -0.15) is 0 Å². The molecule has 3 heteroatoms. The number of allylic oxidation sites excluding steroid dienone is 2. The molecule has 0 radical (unpaired) electrons. The topological polar surface area (TPSA) is 34.5 Å². The van der Waals surface area contributed by atoms with Crippen LogP contribution in [-0.4, -0.2) is 23.4 Å². The Morgan fingerprint density at radius 1 is 1.08 bits per heavy atom. The second kappa shape index (κ2) is 7.41. The van der Waals surface area contributed by atoms with Gasteiger partial charge in [-0.25, -0.2) is 0 Å². The van der Waals surface area contributed by atoms with Crippen molar-refractivity contribution in [3.8, 4) is 0 Å². The molecule has 1 spiro atoms. The molecule has 0 aromatic carbocycles. The summed E-state index contributed by atoms with van der Waals surface area (Å²) in [6.07, 6.45) is 19.5. The molecule has 134 valence electrons. The zero-order chi connectivity index (χ0) is 17.0. The molecule has 0 bridgehead atoms. The standard InChI is InChI=1S/C22H30N2O/c1(8-19-9-7-16-23-19)3-11-21(20-10-2-6-15-24-20)14-17-25-22(18-21)12-4-5-13-22/h2,6,9-10,15-16H,1,3-5,7-8,11-14,17-18H2/t21-/m1/s1. The van der Waals surface area contributed by atoms with Crippen LogP contribution >= 0.6 is 0 Å². The Morgan fingerprint density at radius 3 is 2.76 bits per heavy atom. The molecule has 0 amide bonds. The number of ether oxygens (including phenoxy) is 1. The Bertz CT molecular complexity index is 631. The van der Waals surface area contributed by atoms with E-state index in [-0.39, 0.29) is 11.0 Å². The first-order valence-electron chi connectivity index (χ1n) is 10.1. The molecule has 4 rings (SSSR count). The van der Waals surface area contributed by atoms with Gasteiger partial charge in [-0.15, -0.1) is 0 Å². The van der Waals surface area contributed by atoms with Crippen LogP contribution in [0.2, 0.25) is 0 Å². The number of aliphatic imine (C=N–C) groups is 1. The van der Waals surface area contributed by atoms with E-state index in [1.165, 1.54) is 56.3 Å². The minimum absolute atomic E-state index is 0.133. The lowest BCUT2D eigenvalue weighted by atomic mass is 9.67. The fraction of sp³-hybridized carbons (Fsp3) is 0.636. The Hall–Kier alpha value is -1.48. The molecular weight excluding hydrogens is 308 g/mol. The van der Waals surface area contributed by atoms with E-state index in [1.807, 2.05) is 18.5 Å². The first kappa shape index (κ1) is 17.0. The van der Waals surface area contributed by atoms with Crippen LogP contribution in [0.4, 0.5) is 0 Å². The SMILES string of the molecule is C1=NC(CCCC[C@@]2(c3ccccn3)CCOC3(CCCC3)C2)=CC1. The molecule has 1 aromatic rings. The van der Waals surface area contributed by atoms with Crippen molar-refractivity contribution in [2.24, 2.45) is 4.99 Å². The van der Waals surface area contributed by atoms with Crippen molar-refractivity contribution in [1.29, 1.82) is 0 Å². The summed E-state index contributed by atoms with van der Waals surface area (Å²) in [5.41, 5.74) is 2.92. The molecule has 0 unspecified atom stereocenters. The summed E-state index contributed by atoms with van der Waals surface area (Å²) >= 11 is 0. The van der Waals surface area contributed by atoms with E-state index in [1.54, 1.807) is 0 Å². The largest absolute Gasteiger partial charge is 0.375 e. The number of hydrogen-bond acceptors (Lipinski definition) is 3. The van der Waals surface area contributed by atoms with Crippen LogP contribution in [0.15, 0.2) is 41.2 Å². The maximum atomic E-state index is 6.33. The smallest absolute Gasteiger partial charge is 0.0691 e. The Morgan fingerprint density at radius 2 is 2.00 bits per heavy atom. The number of pyridine rings is 1. The van der Waals surface area contributed by atoms with Gasteiger partial charge < -0.3 is 4.74 Å². The van der Waals surface area contributed by atoms with Gasteiger partial charge in [0, 0.05) is 42.2 Å². The van der Waals surface area contributed by atoms with Crippen molar-refractivity contribution in [2.75, 3.05) is 6.61 Å². The predicted molar refractivity (Wildman–Crippen MR) is 102 cm³/mol. The van der Waals surface area contributed by atoms with Gasteiger partial charge in [0.2, 0.25) is 0 Å². The molecule has 1 saturated carbocycles. The molecule has 3 nitrogen and oxygen atoms in total. The van der Waals surface area contributed by atoms with Gasteiger partial charge in [-0.1, -0.05) is 31.4 Å². The monoisotopic (exact) mass is 338 g/mol. The van der Waals surface area contributed by atoms with E-state index in [2.05, 4.69) is 23.2 Å². The quantitative estimate of drug-likeness (QED) is 0.654. The van der Waals surface area contributed by atoms with Crippen LogP contribution in [-0.2, 0) is 10.2 Å². The average Bonchev–Trinajstić information content (AvgIpc) is 3.32. The van der Waals surface area contributed by atoms with Gasteiger partial charge in [-0.3, -0.25) is 9.98 Å². The molecular formula is C22H30N2O. The third-order valence-electron chi connectivity index (χ3n) is 6.43. The van der Waals surface area contributed by atoms with Gasteiger partial charge in [0.1, 0.15) is 0 Å². The maximum absolute atomic E-state index is 6.33. The minimum atomic E-state index is 0.133. The van der Waals surface area contributed by atoms with Crippen molar-refractivity contribution >= 4 is 6.21 Å². The average molecular weight is 338 g/mol. The first-order chi connectivity index (χ1) is 12.3. The van der Waals surface area contributed by atoms with Crippen LogP contribution in [0.1, 0.15) is 76.3 Å². The summed E-state index contributed by atoms with van der Waals surface area (Å²) < 4.78 is 6.33. The molecule has 0 N–H and O–H groups in total. The highest BCUT2D eigenvalue weighted by atomic mass is 16.5. The number of hydrogen-bond donors (Lipinski definition) is 0. The molecule has 1 aliphatic carbocycles. The molecule has 1 aromatic heterocycles. The molecule has 1 saturated heterocycles. The fourth-order valence-corrected chi connectivity index (χ4v) is 5.14. The predicted octanol–water partition coefficient (Wildman–Crippen LogP) is 5.36. The van der Waals surface area contributed by atoms with Crippen molar-refractivity contribution in [2.45, 2.75) is 81.6 Å². The van der Waals surface area contributed by atoms with Gasteiger partial charge in [-0.05, 0) is 57.1 Å². The summed E-state index contributed by atoms with van der Waals surface area (Å²) in [7, 11) is 0. The van der Waals surface area contributed by atoms with E-state index < -0.39 is 0 Å². The van der Waals surface area contributed by atoms with Gasteiger partial charge >= 0.3 is 0 Å². The fourth-order valence-electron chi connectivity index (χ4n) is 5.14. The lowest BCUT2D eigenvalue weighted by molar-refractivity contribution is -0.104. The van der Waals surface area contributed by atoms with Gasteiger partial charge in [0.15, 0.2) is 0 Å². The normalized spacial score (nSPS) is 27.8. The third kappa shape index (κ3) is 3.72. The maximum Gasteiger partial charge on any atom is 0.0691 e. The summed E-state index contributed by atoms with van der Waals surface area (Å²) in [5.74, 6) is 0. The first-order valence-corrected chi connectivity index (χ1v) is 10.1. The zero-order valence-corrected chi connectivity index (χ0v) is 15.3. The minimum Gasteiger partial charge on any atom is -0.375 e. The molecule has 1 atom stereocenters. The second-order valence-electron chi connectivity index (χ2n) is 8.11. The number of aromatic nitrogens is 1. The molecule has 3 aliphatic rings. The lowest BCUT2D eigenvalue weighted by Gasteiger charge is -2.46. The second-order valence-corrected chi connectivity index (χ2v) is 8.11. The van der Waals surface area contributed by atoms with Crippen LogP contribution in [0.25, 0.3) is 0 Å². The Kier molecular flexibility index (Phi) is 5.03. The van der Waals surface area contributed by atoms with E-state index in [0.29, 0.717) is 0 Å². The van der Waals surface area contributed by atoms with Crippen molar-refractivity contribution in [3.05, 3.63) is 41.9 Å². The lowest BCUT2D eigenvalue weighted by Crippen LogP contribution is -2.46.